The summed E-state index contributed by atoms with van der Waals surface area (Å²) in [4.78, 5) is 41.5. The number of ether oxygens (including phenoxy) is 1. The van der Waals surface area contributed by atoms with Crippen LogP contribution in [0.1, 0.15) is 39.5 Å². The van der Waals surface area contributed by atoms with Crippen molar-refractivity contribution in [2.75, 3.05) is 39.3 Å². The lowest BCUT2D eigenvalue weighted by molar-refractivity contribution is -0.155. The van der Waals surface area contributed by atoms with Gasteiger partial charge in [-0.05, 0) is 32.6 Å². The predicted octanol–water partition coefficient (Wildman–Crippen LogP) is 1.08. The highest BCUT2D eigenvalue weighted by Gasteiger charge is 2.34. The van der Waals surface area contributed by atoms with Crippen molar-refractivity contribution < 1.29 is 19.1 Å². The summed E-state index contributed by atoms with van der Waals surface area (Å²) in [7, 11) is 0. The maximum atomic E-state index is 12.5. The van der Waals surface area contributed by atoms with Crippen LogP contribution < -0.4 is 0 Å². The zero-order valence-electron chi connectivity index (χ0n) is 14.1. The molecule has 7 heteroatoms. The third-order valence-corrected chi connectivity index (χ3v) is 4.64. The van der Waals surface area contributed by atoms with Crippen LogP contribution in [0.15, 0.2) is 0 Å². The lowest BCUT2D eigenvalue weighted by Gasteiger charge is -2.38. The van der Waals surface area contributed by atoms with Gasteiger partial charge in [-0.3, -0.25) is 9.59 Å². The molecule has 0 radical (unpaired) electrons. The molecule has 3 amide bonds. The van der Waals surface area contributed by atoms with Gasteiger partial charge in [0.15, 0.2) is 0 Å². The van der Waals surface area contributed by atoms with Gasteiger partial charge in [0.25, 0.3) is 0 Å². The number of nitrogens with zero attached hydrogens (tertiary/aromatic N) is 3. The van der Waals surface area contributed by atoms with Crippen LogP contribution >= 0.6 is 0 Å². The number of hydrogen-bond acceptors (Lipinski definition) is 4. The van der Waals surface area contributed by atoms with Crippen LogP contribution in [0.2, 0.25) is 0 Å². The average molecular weight is 325 g/mol. The van der Waals surface area contributed by atoms with E-state index in [-0.39, 0.29) is 18.0 Å². The summed E-state index contributed by atoms with van der Waals surface area (Å²) in [5.41, 5.74) is 0. The molecule has 2 aliphatic heterocycles. The number of rotatable bonds is 2. The van der Waals surface area contributed by atoms with E-state index in [1.807, 2.05) is 0 Å². The standard InChI is InChI=1S/C16H27N3O4/c1-3-13-7-5-6-8-19(13)15(21)14(20)17-9-11-18(12-10-17)16(22)23-4-2/h13H,3-12H2,1-2H3. The number of amides is 3. The molecule has 0 bridgehead atoms. The van der Waals surface area contributed by atoms with Crippen molar-refractivity contribution in [1.29, 1.82) is 0 Å². The van der Waals surface area contributed by atoms with E-state index in [9.17, 15) is 14.4 Å². The van der Waals surface area contributed by atoms with Gasteiger partial charge >= 0.3 is 17.9 Å². The van der Waals surface area contributed by atoms with Crippen LogP contribution in [0.5, 0.6) is 0 Å². The van der Waals surface area contributed by atoms with E-state index in [0.717, 1.165) is 25.7 Å². The molecule has 2 heterocycles. The van der Waals surface area contributed by atoms with Gasteiger partial charge in [0.1, 0.15) is 0 Å². The minimum atomic E-state index is -0.436. The molecular formula is C16H27N3O4. The summed E-state index contributed by atoms with van der Waals surface area (Å²) in [5.74, 6) is -0.824. The molecule has 2 saturated heterocycles. The normalized spacial score (nSPS) is 22.0. The third kappa shape index (κ3) is 4.14. The molecule has 0 N–H and O–H groups in total. The SMILES string of the molecule is CCOC(=O)N1CCN(C(=O)C(=O)N2CCCCC2CC)CC1. The summed E-state index contributed by atoms with van der Waals surface area (Å²) < 4.78 is 4.96. The zero-order valence-corrected chi connectivity index (χ0v) is 14.1. The van der Waals surface area contributed by atoms with E-state index in [4.69, 9.17) is 4.74 Å². The van der Waals surface area contributed by atoms with Crippen LogP contribution in [0, 0.1) is 0 Å². The smallest absolute Gasteiger partial charge is 0.409 e. The van der Waals surface area contributed by atoms with Gasteiger partial charge < -0.3 is 19.4 Å². The molecule has 0 aromatic heterocycles. The molecule has 23 heavy (non-hydrogen) atoms. The minimum Gasteiger partial charge on any atom is -0.450 e. The Kier molecular flexibility index (Phi) is 6.24. The Balaban J connectivity index is 1.88. The van der Waals surface area contributed by atoms with Crippen LogP contribution in [-0.2, 0) is 14.3 Å². The molecular weight excluding hydrogens is 298 g/mol. The van der Waals surface area contributed by atoms with Gasteiger partial charge in [0.05, 0.1) is 6.61 Å². The fourth-order valence-electron chi connectivity index (χ4n) is 3.26. The first-order valence-corrected chi connectivity index (χ1v) is 8.60. The molecule has 2 rings (SSSR count). The monoisotopic (exact) mass is 325 g/mol. The first-order chi connectivity index (χ1) is 11.1. The molecule has 0 aromatic rings. The van der Waals surface area contributed by atoms with Gasteiger partial charge in [-0.15, -0.1) is 0 Å². The van der Waals surface area contributed by atoms with E-state index >= 15 is 0 Å². The van der Waals surface area contributed by atoms with E-state index in [1.165, 1.54) is 0 Å². The Morgan fingerprint density at radius 2 is 1.57 bits per heavy atom. The summed E-state index contributed by atoms with van der Waals surface area (Å²) in [6.07, 6.45) is 3.59. The van der Waals surface area contributed by atoms with Crippen molar-refractivity contribution in [2.45, 2.75) is 45.6 Å². The van der Waals surface area contributed by atoms with Crippen molar-refractivity contribution in [3.8, 4) is 0 Å². The molecule has 0 saturated carbocycles. The van der Waals surface area contributed by atoms with Gasteiger partial charge in [-0.2, -0.15) is 0 Å². The van der Waals surface area contributed by atoms with E-state index in [1.54, 1.807) is 21.6 Å². The first kappa shape index (κ1) is 17.6. The van der Waals surface area contributed by atoms with Gasteiger partial charge in [0.2, 0.25) is 0 Å². The van der Waals surface area contributed by atoms with Crippen molar-refractivity contribution >= 4 is 17.9 Å². The number of piperazine rings is 1. The predicted molar refractivity (Wildman–Crippen MR) is 84.8 cm³/mol. The first-order valence-electron chi connectivity index (χ1n) is 8.60. The maximum Gasteiger partial charge on any atom is 0.409 e. The fourth-order valence-corrected chi connectivity index (χ4v) is 3.26. The number of carbonyl (C=O) groups is 3. The highest BCUT2D eigenvalue weighted by molar-refractivity contribution is 6.35. The number of hydrogen-bond donors (Lipinski definition) is 0. The average Bonchev–Trinajstić information content (AvgIpc) is 2.60. The topological polar surface area (TPSA) is 70.2 Å². The van der Waals surface area contributed by atoms with Crippen LogP contribution in [0.4, 0.5) is 4.79 Å². The molecule has 2 aliphatic rings. The van der Waals surface area contributed by atoms with Crippen LogP contribution in [0.3, 0.4) is 0 Å². The highest BCUT2D eigenvalue weighted by atomic mass is 16.6. The van der Waals surface area contributed by atoms with E-state index in [2.05, 4.69) is 6.92 Å². The second kappa shape index (κ2) is 8.17. The van der Waals surface area contributed by atoms with Gasteiger partial charge in [-0.25, -0.2) is 4.79 Å². The summed E-state index contributed by atoms with van der Waals surface area (Å²) in [6.45, 7) is 6.42. The zero-order chi connectivity index (χ0) is 16.8. The third-order valence-electron chi connectivity index (χ3n) is 4.64. The number of piperidine rings is 1. The Morgan fingerprint density at radius 3 is 2.17 bits per heavy atom. The molecule has 7 nitrogen and oxygen atoms in total. The number of carbonyl (C=O) groups excluding carboxylic acids is 3. The molecule has 130 valence electrons. The summed E-state index contributed by atoms with van der Waals surface area (Å²) in [6, 6.07) is 0.182. The molecule has 0 spiro atoms. The Hall–Kier alpha value is -1.79. The minimum absolute atomic E-state index is 0.182. The maximum absolute atomic E-state index is 12.5. The van der Waals surface area contributed by atoms with Crippen LogP contribution in [0.25, 0.3) is 0 Å². The van der Waals surface area contributed by atoms with Gasteiger partial charge in [0, 0.05) is 38.8 Å². The molecule has 0 aliphatic carbocycles. The molecule has 0 aromatic carbocycles. The van der Waals surface area contributed by atoms with Crippen molar-refractivity contribution in [2.24, 2.45) is 0 Å². The Bertz CT molecular complexity index is 447. The van der Waals surface area contributed by atoms with Crippen LogP contribution in [-0.4, -0.2) is 78.0 Å². The number of likely N-dealkylation sites (tertiary alicyclic amines) is 1. The quantitative estimate of drug-likeness (QED) is 0.712. The summed E-state index contributed by atoms with van der Waals surface area (Å²) in [5, 5.41) is 0. The Labute approximate surface area is 137 Å². The molecule has 2 fully saturated rings. The Morgan fingerprint density at radius 1 is 0.913 bits per heavy atom. The lowest BCUT2D eigenvalue weighted by Crippen LogP contribution is -2.56. The van der Waals surface area contributed by atoms with Crippen molar-refractivity contribution in [3.63, 3.8) is 0 Å². The lowest BCUT2D eigenvalue weighted by atomic mass is 10.00. The largest absolute Gasteiger partial charge is 0.450 e. The molecule has 1 unspecified atom stereocenters. The second-order valence-electron chi connectivity index (χ2n) is 6.03. The van der Waals surface area contributed by atoms with Crippen molar-refractivity contribution in [3.05, 3.63) is 0 Å². The van der Waals surface area contributed by atoms with Gasteiger partial charge in [-0.1, -0.05) is 6.92 Å². The van der Waals surface area contributed by atoms with Crippen molar-refractivity contribution in [1.82, 2.24) is 14.7 Å². The fraction of sp³-hybridized carbons (Fsp3) is 0.812. The highest BCUT2D eigenvalue weighted by Crippen LogP contribution is 2.20. The summed E-state index contributed by atoms with van der Waals surface area (Å²) >= 11 is 0. The van der Waals surface area contributed by atoms with E-state index in [0.29, 0.717) is 39.3 Å². The molecule has 1 atom stereocenters. The van der Waals surface area contributed by atoms with E-state index < -0.39 is 5.91 Å². The second-order valence-corrected chi connectivity index (χ2v) is 6.03.